The van der Waals surface area contributed by atoms with Crippen LogP contribution in [0.5, 0.6) is 0 Å². The molecule has 0 radical (unpaired) electrons. The van der Waals surface area contributed by atoms with Crippen LogP contribution in [0.3, 0.4) is 0 Å². The number of rotatable bonds is 2. The summed E-state index contributed by atoms with van der Waals surface area (Å²) >= 11 is 3.63. The topological polar surface area (TPSA) is 29.5 Å². The first kappa shape index (κ1) is 14.7. The molecule has 0 spiro atoms. The quantitative estimate of drug-likeness (QED) is 0.445. The molecule has 1 aliphatic heterocycles. The van der Waals surface area contributed by atoms with Gasteiger partial charge in [-0.15, -0.1) is 0 Å². The second kappa shape index (κ2) is 4.73. The molecule has 1 fully saturated rings. The maximum Gasteiger partial charge on any atom is 0.333 e. The van der Waals surface area contributed by atoms with Crippen molar-refractivity contribution in [2.75, 3.05) is 0 Å². The van der Waals surface area contributed by atoms with E-state index in [9.17, 15) is 4.79 Å². The van der Waals surface area contributed by atoms with Crippen molar-refractivity contribution in [1.29, 1.82) is 0 Å². The number of esters is 1. The molecule has 1 saturated heterocycles. The number of hydrogen-bond acceptors (Lipinski definition) is 3. The molecule has 1 aliphatic rings. The maximum absolute atomic E-state index is 11.6. The van der Waals surface area contributed by atoms with Crippen LogP contribution in [0.4, 0.5) is 0 Å². The standard InChI is InChI=1S/C13H22BrNO2/c1-9(2)11(16)17-10-7-12(3,4)15(14)13(5,6)8-10/h10H,1,7-8H2,2-6H3. The molecule has 1 heterocycles. The molecule has 0 aliphatic carbocycles. The first-order valence-electron chi connectivity index (χ1n) is 5.89. The lowest BCUT2D eigenvalue weighted by atomic mass is 9.81. The molecule has 17 heavy (non-hydrogen) atoms. The molecule has 0 amide bonds. The van der Waals surface area contributed by atoms with Crippen molar-refractivity contribution in [1.82, 2.24) is 3.93 Å². The summed E-state index contributed by atoms with van der Waals surface area (Å²) < 4.78 is 7.67. The summed E-state index contributed by atoms with van der Waals surface area (Å²) in [5.74, 6) is -0.287. The number of nitrogens with zero attached hydrogens (tertiary/aromatic N) is 1. The van der Waals surface area contributed by atoms with Gasteiger partial charge in [-0.2, -0.15) is 0 Å². The Morgan fingerprint density at radius 1 is 1.29 bits per heavy atom. The SMILES string of the molecule is C=C(C)C(=O)OC1CC(C)(C)N(Br)C(C)(C)C1. The molecule has 0 aromatic rings. The minimum atomic E-state index is -0.287. The summed E-state index contributed by atoms with van der Waals surface area (Å²) in [7, 11) is 0. The molecule has 1 rings (SSSR count). The largest absolute Gasteiger partial charge is 0.459 e. The van der Waals surface area contributed by atoms with Crippen molar-refractivity contribution < 1.29 is 9.53 Å². The Hall–Kier alpha value is -0.350. The van der Waals surface area contributed by atoms with E-state index in [0.29, 0.717) is 5.57 Å². The van der Waals surface area contributed by atoms with Crippen molar-refractivity contribution in [3.63, 3.8) is 0 Å². The Morgan fingerprint density at radius 2 is 1.71 bits per heavy atom. The summed E-state index contributed by atoms with van der Waals surface area (Å²) in [6, 6.07) is 0. The predicted octanol–water partition coefficient (Wildman–Crippen LogP) is 3.44. The zero-order valence-corrected chi connectivity index (χ0v) is 12.9. The third-order valence-electron chi connectivity index (χ3n) is 3.14. The molecule has 3 nitrogen and oxygen atoms in total. The Balaban J connectivity index is 2.78. The van der Waals surface area contributed by atoms with E-state index in [-0.39, 0.29) is 23.2 Å². The van der Waals surface area contributed by atoms with Gasteiger partial charge in [-0.1, -0.05) is 6.58 Å². The molecular formula is C13H22BrNO2. The van der Waals surface area contributed by atoms with Crippen LogP contribution in [-0.4, -0.2) is 27.1 Å². The second-order valence-electron chi connectivity index (χ2n) is 6.12. The minimum absolute atomic E-state index is 0.0399. The van der Waals surface area contributed by atoms with E-state index in [4.69, 9.17) is 4.74 Å². The smallest absolute Gasteiger partial charge is 0.333 e. The highest BCUT2D eigenvalue weighted by atomic mass is 79.9. The number of halogens is 1. The molecule has 0 bridgehead atoms. The number of hydrogen-bond donors (Lipinski definition) is 0. The number of piperidine rings is 1. The van der Waals surface area contributed by atoms with Crippen LogP contribution < -0.4 is 0 Å². The van der Waals surface area contributed by atoms with Crippen LogP contribution in [0.25, 0.3) is 0 Å². The zero-order valence-electron chi connectivity index (χ0n) is 11.3. The van der Waals surface area contributed by atoms with Gasteiger partial charge in [0.1, 0.15) is 6.10 Å². The van der Waals surface area contributed by atoms with E-state index in [0.717, 1.165) is 12.8 Å². The van der Waals surface area contributed by atoms with Gasteiger partial charge in [0.05, 0.1) is 0 Å². The van der Waals surface area contributed by atoms with Crippen molar-refractivity contribution in [3.8, 4) is 0 Å². The van der Waals surface area contributed by atoms with Crippen LogP contribution in [0.2, 0.25) is 0 Å². The summed E-state index contributed by atoms with van der Waals surface area (Å²) in [4.78, 5) is 11.6. The lowest BCUT2D eigenvalue weighted by Gasteiger charge is -2.51. The summed E-state index contributed by atoms with van der Waals surface area (Å²) in [5.41, 5.74) is 0.380. The van der Waals surface area contributed by atoms with E-state index in [1.165, 1.54) is 0 Å². The summed E-state index contributed by atoms with van der Waals surface area (Å²) in [6.07, 6.45) is 1.60. The van der Waals surface area contributed by atoms with Gasteiger partial charge in [-0.25, -0.2) is 8.72 Å². The third-order valence-corrected chi connectivity index (χ3v) is 5.06. The molecule has 0 N–H and O–H groups in total. The van der Waals surface area contributed by atoms with Gasteiger partial charge in [-0.05, 0) is 34.6 Å². The van der Waals surface area contributed by atoms with Crippen LogP contribution >= 0.6 is 16.1 Å². The van der Waals surface area contributed by atoms with Gasteiger partial charge in [0.2, 0.25) is 0 Å². The third kappa shape index (κ3) is 3.32. The fourth-order valence-electron chi connectivity index (χ4n) is 2.50. The van der Waals surface area contributed by atoms with Gasteiger partial charge < -0.3 is 4.74 Å². The normalized spacial score (nSPS) is 24.4. The van der Waals surface area contributed by atoms with Gasteiger partial charge in [0.25, 0.3) is 0 Å². The highest BCUT2D eigenvalue weighted by Gasteiger charge is 2.45. The first-order valence-corrected chi connectivity index (χ1v) is 6.60. The summed E-state index contributed by atoms with van der Waals surface area (Å²) in [6.45, 7) is 13.9. The van der Waals surface area contributed by atoms with E-state index < -0.39 is 0 Å². The monoisotopic (exact) mass is 303 g/mol. The highest BCUT2D eigenvalue weighted by molar-refractivity contribution is 9.07. The van der Waals surface area contributed by atoms with Gasteiger partial charge in [0.15, 0.2) is 0 Å². The van der Waals surface area contributed by atoms with Crippen molar-refractivity contribution in [2.45, 2.75) is 64.6 Å². The van der Waals surface area contributed by atoms with Gasteiger partial charge in [0, 0.05) is 45.6 Å². The molecule has 0 aromatic carbocycles. The van der Waals surface area contributed by atoms with Crippen LogP contribution in [0.15, 0.2) is 12.2 Å². The zero-order chi connectivity index (χ0) is 13.4. The lowest BCUT2D eigenvalue weighted by Crippen LogP contribution is -2.57. The van der Waals surface area contributed by atoms with E-state index in [2.05, 4.69) is 54.3 Å². The molecule has 98 valence electrons. The minimum Gasteiger partial charge on any atom is -0.459 e. The Kier molecular flexibility index (Phi) is 4.09. The molecule has 4 heteroatoms. The Labute approximate surface area is 113 Å². The number of carbonyl (C=O) groups is 1. The fraction of sp³-hybridized carbons (Fsp3) is 0.769. The lowest BCUT2D eigenvalue weighted by molar-refractivity contribution is -0.150. The number of carbonyl (C=O) groups excluding carboxylic acids is 1. The van der Waals surface area contributed by atoms with E-state index >= 15 is 0 Å². The molecule has 0 atom stereocenters. The average molecular weight is 304 g/mol. The van der Waals surface area contributed by atoms with E-state index in [1.54, 1.807) is 6.92 Å². The summed E-state index contributed by atoms with van der Waals surface area (Å²) in [5, 5.41) is 0. The first-order chi connectivity index (χ1) is 7.56. The van der Waals surface area contributed by atoms with Crippen LogP contribution in [-0.2, 0) is 9.53 Å². The van der Waals surface area contributed by atoms with Crippen LogP contribution in [0.1, 0.15) is 47.5 Å². The fourth-order valence-corrected chi connectivity index (χ4v) is 2.79. The van der Waals surface area contributed by atoms with Gasteiger partial charge in [-0.3, -0.25) is 0 Å². The van der Waals surface area contributed by atoms with Gasteiger partial charge >= 0.3 is 5.97 Å². The molecular weight excluding hydrogens is 282 g/mol. The predicted molar refractivity (Wildman–Crippen MR) is 72.9 cm³/mol. The van der Waals surface area contributed by atoms with Crippen molar-refractivity contribution in [2.24, 2.45) is 0 Å². The second-order valence-corrected chi connectivity index (χ2v) is 6.83. The average Bonchev–Trinajstić information content (AvgIpc) is 2.12. The van der Waals surface area contributed by atoms with E-state index in [1.807, 2.05) is 0 Å². The Morgan fingerprint density at radius 3 is 2.06 bits per heavy atom. The van der Waals surface area contributed by atoms with Crippen molar-refractivity contribution in [3.05, 3.63) is 12.2 Å². The maximum atomic E-state index is 11.6. The molecule has 0 unspecified atom stereocenters. The van der Waals surface area contributed by atoms with Crippen LogP contribution in [0, 0.1) is 0 Å². The Bertz CT molecular complexity index is 318. The number of ether oxygens (including phenoxy) is 1. The molecule has 0 saturated carbocycles. The highest BCUT2D eigenvalue weighted by Crippen LogP contribution is 2.41. The van der Waals surface area contributed by atoms with Crippen molar-refractivity contribution >= 4 is 22.1 Å². The molecule has 0 aromatic heterocycles.